The molecule has 70 heavy (non-hydrogen) atoms. The smallest absolute Gasteiger partial charge is 0.306 e. The fourth-order valence-electron chi connectivity index (χ4n) is 9.48. The summed E-state index contributed by atoms with van der Waals surface area (Å²) < 4.78 is 16.9. The SMILES string of the molecule is CCC/C=C\C/C=C\CCCCCCCC(=O)OCC(COC(=O)CCCCCCCCCCCCCCCCCCCCCCCCC)OC(=O)CCCCCCCCCCCCCCCCCC. The number of unbranched alkanes of at least 4 members (excludes halogenated alkanes) is 43. The zero-order valence-electron chi connectivity index (χ0n) is 47.3. The predicted molar refractivity (Wildman–Crippen MR) is 303 cm³/mol. The number of allylic oxidation sites excluding steroid dienone is 4. The Bertz CT molecular complexity index is 1130. The third-order valence-electron chi connectivity index (χ3n) is 14.2. The second-order valence-corrected chi connectivity index (χ2v) is 21.3. The molecular weight excluding hydrogens is 865 g/mol. The van der Waals surface area contributed by atoms with Gasteiger partial charge in [-0.05, 0) is 44.9 Å². The monoisotopic (exact) mass is 985 g/mol. The van der Waals surface area contributed by atoms with Crippen LogP contribution in [0, 0.1) is 0 Å². The van der Waals surface area contributed by atoms with Gasteiger partial charge in [0.25, 0.3) is 0 Å². The number of ether oxygens (including phenoxy) is 3. The number of rotatable bonds is 58. The van der Waals surface area contributed by atoms with E-state index in [0.717, 1.165) is 83.5 Å². The van der Waals surface area contributed by atoms with E-state index in [4.69, 9.17) is 14.2 Å². The molecule has 0 aliphatic carbocycles. The van der Waals surface area contributed by atoms with Crippen LogP contribution in [0.25, 0.3) is 0 Å². The molecule has 0 aromatic carbocycles. The Morgan fingerprint density at radius 3 is 0.843 bits per heavy atom. The number of carbonyl (C=O) groups is 3. The summed E-state index contributed by atoms with van der Waals surface area (Å²) in [4.78, 5) is 38.2. The molecule has 1 unspecified atom stereocenters. The Hall–Kier alpha value is -2.11. The van der Waals surface area contributed by atoms with Crippen LogP contribution in [0.2, 0.25) is 0 Å². The largest absolute Gasteiger partial charge is 0.462 e. The summed E-state index contributed by atoms with van der Waals surface area (Å²) in [6.07, 6.45) is 70.4. The fraction of sp³-hybridized carbons (Fsp3) is 0.891. The van der Waals surface area contributed by atoms with Crippen LogP contribution in [-0.4, -0.2) is 37.2 Å². The molecule has 0 fully saturated rings. The van der Waals surface area contributed by atoms with Crippen molar-refractivity contribution < 1.29 is 28.6 Å². The topological polar surface area (TPSA) is 78.9 Å². The first-order valence-corrected chi connectivity index (χ1v) is 31.3. The number of hydrogen-bond donors (Lipinski definition) is 0. The van der Waals surface area contributed by atoms with E-state index in [-0.39, 0.29) is 31.1 Å². The van der Waals surface area contributed by atoms with Crippen LogP contribution in [0.1, 0.15) is 348 Å². The molecule has 0 N–H and O–H groups in total. The molecule has 0 amide bonds. The Morgan fingerprint density at radius 2 is 0.543 bits per heavy atom. The molecule has 1 atom stereocenters. The first-order chi connectivity index (χ1) is 34.5. The molecule has 6 heteroatoms. The molecule has 0 aliphatic rings. The Kier molecular flexibility index (Phi) is 57.7. The lowest BCUT2D eigenvalue weighted by atomic mass is 10.0. The van der Waals surface area contributed by atoms with Crippen molar-refractivity contribution in [3.8, 4) is 0 Å². The molecule has 0 spiro atoms. The molecule has 0 saturated carbocycles. The van der Waals surface area contributed by atoms with Crippen LogP contribution in [-0.2, 0) is 28.6 Å². The van der Waals surface area contributed by atoms with E-state index in [0.29, 0.717) is 19.3 Å². The lowest BCUT2D eigenvalue weighted by molar-refractivity contribution is -0.167. The summed E-state index contributed by atoms with van der Waals surface area (Å²) in [6, 6.07) is 0. The highest BCUT2D eigenvalue weighted by atomic mass is 16.6. The molecule has 0 aromatic rings. The van der Waals surface area contributed by atoms with Crippen molar-refractivity contribution >= 4 is 17.9 Å². The molecule has 0 heterocycles. The van der Waals surface area contributed by atoms with Gasteiger partial charge in [-0.3, -0.25) is 14.4 Å². The highest BCUT2D eigenvalue weighted by Gasteiger charge is 2.19. The van der Waals surface area contributed by atoms with E-state index in [1.165, 1.54) is 225 Å². The van der Waals surface area contributed by atoms with Crippen LogP contribution in [0.4, 0.5) is 0 Å². The maximum atomic E-state index is 12.9. The second kappa shape index (κ2) is 59.5. The number of carbonyl (C=O) groups excluding carboxylic acids is 3. The summed E-state index contributed by atoms with van der Waals surface area (Å²) in [5.41, 5.74) is 0. The minimum atomic E-state index is -0.772. The third kappa shape index (κ3) is 56.8. The summed E-state index contributed by atoms with van der Waals surface area (Å²) in [5, 5.41) is 0. The Morgan fingerprint density at radius 1 is 0.286 bits per heavy atom. The zero-order chi connectivity index (χ0) is 50.7. The predicted octanol–water partition coefficient (Wildman–Crippen LogP) is 21.1. The standard InChI is InChI=1S/C64H120O6/c1-4-7-10-13-16-19-22-25-27-29-30-31-32-33-34-35-37-39-42-45-48-51-54-57-63(66)69-60-61(59-68-62(65)56-53-50-47-44-41-38-24-21-18-15-12-9-6-3)70-64(67)58-55-52-49-46-43-40-36-28-26-23-20-17-14-11-8-5-2/h12,15,21,24,61H,4-11,13-14,16-20,22-23,25-60H2,1-3H3/b15-12-,24-21-. The highest BCUT2D eigenvalue weighted by Crippen LogP contribution is 2.18. The van der Waals surface area contributed by atoms with Crippen molar-refractivity contribution in [2.45, 2.75) is 354 Å². The van der Waals surface area contributed by atoms with E-state index in [1.807, 2.05) is 0 Å². The van der Waals surface area contributed by atoms with Crippen LogP contribution < -0.4 is 0 Å². The second-order valence-electron chi connectivity index (χ2n) is 21.3. The number of esters is 3. The van der Waals surface area contributed by atoms with Gasteiger partial charge in [-0.15, -0.1) is 0 Å². The van der Waals surface area contributed by atoms with Gasteiger partial charge >= 0.3 is 17.9 Å². The lowest BCUT2D eigenvalue weighted by Crippen LogP contribution is -2.30. The van der Waals surface area contributed by atoms with Gasteiger partial charge in [-0.25, -0.2) is 0 Å². The normalized spacial score (nSPS) is 12.1. The van der Waals surface area contributed by atoms with Gasteiger partial charge in [0.05, 0.1) is 0 Å². The van der Waals surface area contributed by atoms with Gasteiger partial charge in [-0.1, -0.05) is 308 Å². The first-order valence-electron chi connectivity index (χ1n) is 31.3. The van der Waals surface area contributed by atoms with Gasteiger partial charge in [0.2, 0.25) is 0 Å². The van der Waals surface area contributed by atoms with E-state index >= 15 is 0 Å². The van der Waals surface area contributed by atoms with Gasteiger partial charge in [-0.2, -0.15) is 0 Å². The average Bonchev–Trinajstić information content (AvgIpc) is 3.36. The summed E-state index contributed by atoms with van der Waals surface area (Å²) >= 11 is 0. The lowest BCUT2D eigenvalue weighted by Gasteiger charge is -2.18. The number of hydrogen-bond acceptors (Lipinski definition) is 6. The summed E-state index contributed by atoms with van der Waals surface area (Å²) in [7, 11) is 0. The minimum absolute atomic E-state index is 0.0698. The molecular formula is C64H120O6. The molecule has 0 aliphatic heterocycles. The molecule has 412 valence electrons. The van der Waals surface area contributed by atoms with Crippen LogP contribution >= 0.6 is 0 Å². The molecule has 0 bridgehead atoms. The Labute approximate surface area is 436 Å². The fourth-order valence-corrected chi connectivity index (χ4v) is 9.48. The first kappa shape index (κ1) is 67.9. The van der Waals surface area contributed by atoms with E-state index in [9.17, 15) is 14.4 Å². The van der Waals surface area contributed by atoms with Crippen LogP contribution in [0.5, 0.6) is 0 Å². The molecule has 6 nitrogen and oxygen atoms in total. The van der Waals surface area contributed by atoms with Crippen LogP contribution in [0.3, 0.4) is 0 Å². The van der Waals surface area contributed by atoms with Crippen molar-refractivity contribution in [1.82, 2.24) is 0 Å². The van der Waals surface area contributed by atoms with Crippen molar-refractivity contribution in [2.24, 2.45) is 0 Å². The summed E-state index contributed by atoms with van der Waals surface area (Å²) in [6.45, 7) is 6.63. The molecule has 0 rings (SSSR count). The van der Waals surface area contributed by atoms with Crippen LogP contribution in [0.15, 0.2) is 24.3 Å². The minimum Gasteiger partial charge on any atom is -0.462 e. The van der Waals surface area contributed by atoms with E-state index in [2.05, 4.69) is 45.1 Å². The Balaban J connectivity index is 4.24. The van der Waals surface area contributed by atoms with E-state index in [1.54, 1.807) is 0 Å². The zero-order valence-corrected chi connectivity index (χ0v) is 47.3. The molecule has 0 aromatic heterocycles. The van der Waals surface area contributed by atoms with Gasteiger partial charge in [0, 0.05) is 19.3 Å². The van der Waals surface area contributed by atoms with Gasteiger partial charge in [0.1, 0.15) is 13.2 Å². The maximum absolute atomic E-state index is 12.9. The maximum Gasteiger partial charge on any atom is 0.306 e. The quantitative estimate of drug-likeness (QED) is 0.0261. The van der Waals surface area contributed by atoms with Gasteiger partial charge < -0.3 is 14.2 Å². The van der Waals surface area contributed by atoms with Crippen molar-refractivity contribution in [2.75, 3.05) is 13.2 Å². The average molecular weight is 986 g/mol. The van der Waals surface area contributed by atoms with Crippen molar-refractivity contribution in [3.63, 3.8) is 0 Å². The highest BCUT2D eigenvalue weighted by molar-refractivity contribution is 5.71. The van der Waals surface area contributed by atoms with Gasteiger partial charge in [0.15, 0.2) is 6.10 Å². The van der Waals surface area contributed by atoms with E-state index < -0.39 is 6.10 Å². The van der Waals surface area contributed by atoms with Crippen molar-refractivity contribution in [1.29, 1.82) is 0 Å². The third-order valence-corrected chi connectivity index (χ3v) is 14.2. The molecule has 0 radical (unpaired) electrons. The summed E-state index contributed by atoms with van der Waals surface area (Å²) in [5.74, 6) is -0.859. The van der Waals surface area contributed by atoms with Crippen molar-refractivity contribution in [3.05, 3.63) is 24.3 Å². The molecule has 0 saturated heterocycles.